The Morgan fingerprint density at radius 3 is 2.55 bits per heavy atom. The van der Waals surface area contributed by atoms with E-state index in [9.17, 15) is 4.79 Å². The van der Waals surface area contributed by atoms with Crippen LogP contribution in [-0.2, 0) is 11.3 Å². The van der Waals surface area contributed by atoms with E-state index in [-0.39, 0.29) is 18.1 Å². The van der Waals surface area contributed by atoms with Gasteiger partial charge in [-0.25, -0.2) is 0 Å². The number of carbonyl (C=O) groups excluding carboxylic acids is 1. The molecule has 1 saturated heterocycles. The summed E-state index contributed by atoms with van der Waals surface area (Å²) in [6.07, 6.45) is 1.31. The van der Waals surface area contributed by atoms with Gasteiger partial charge in [0.25, 0.3) is 0 Å². The first-order valence-electron chi connectivity index (χ1n) is 9.95. The lowest BCUT2D eigenvalue weighted by atomic mass is 10.1. The highest BCUT2D eigenvalue weighted by molar-refractivity contribution is 5.78. The van der Waals surface area contributed by atoms with Crippen LogP contribution in [0.5, 0.6) is 5.75 Å². The molecule has 0 spiro atoms. The van der Waals surface area contributed by atoms with Gasteiger partial charge in [0, 0.05) is 18.5 Å². The Morgan fingerprint density at radius 2 is 1.86 bits per heavy atom. The lowest BCUT2D eigenvalue weighted by Crippen LogP contribution is -2.27. The molecule has 0 aliphatic carbocycles. The van der Waals surface area contributed by atoms with Crippen LogP contribution >= 0.6 is 0 Å². The monoisotopic (exact) mass is 391 g/mol. The predicted octanol–water partition coefficient (Wildman–Crippen LogP) is 4.70. The molecule has 3 aromatic rings. The minimum absolute atomic E-state index is 0.116. The first kappa shape index (κ1) is 19.2. The third kappa shape index (κ3) is 4.31. The zero-order valence-electron chi connectivity index (χ0n) is 17.0. The fourth-order valence-corrected chi connectivity index (χ4v) is 3.52. The summed E-state index contributed by atoms with van der Waals surface area (Å²) < 4.78 is 11.2. The van der Waals surface area contributed by atoms with Crippen molar-refractivity contribution in [1.82, 2.24) is 15.0 Å². The van der Waals surface area contributed by atoms with Crippen molar-refractivity contribution < 1.29 is 14.1 Å². The minimum atomic E-state index is -0.186. The number of rotatable bonds is 6. The quantitative estimate of drug-likeness (QED) is 0.609. The first-order chi connectivity index (χ1) is 14.0. The molecule has 2 aromatic carbocycles. The van der Waals surface area contributed by atoms with Crippen LogP contribution in [0.1, 0.15) is 49.7 Å². The van der Waals surface area contributed by atoms with E-state index in [4.69, 9.17) is 9.26 Å². The van der Waals surface area contributed by atoms with Crippen molar-refractivity contribution in [2.24, 2.45) is 0 Å². The van der Waals surface area contributed by atoms with Crippen molar-refractivity contribution >= 4 is 5.91 Å². The Hall–Kier alpha value is -3.15. The molecular weight excluding hydrogens is 366 g/mol. The molecule has 0 saturated carbocycles. The lowest BCUT2D eigenvalue weighted by Gasteiger charge is -2.22. The second-order valence-electron chi connectivity index (χ2n) is 7.71. The van der Waals surface area contributed by atoms with Gasteiger partial charge in [0.1, 0.15) is 11.8 Å². The maximum atomic E-state index is 12.5. The molecule has 1 amide bonds. The zero-order valence-corrected chi connectivity index (χ0v) is 17.0. The van der Waals surface area contributed by atoms with E-state index in [1.807, 2.05) is 43.0 Å². The van der Waals surface area contributed by atoms with Gasteiger partial charge >= 0.3 is 0 Å². The minimum Gasteiger partial charge on any atom is -0.491 e. The van der Waals surface area contributed by atoms with E-state index in [0.717, 1.165) is 16.9 Å². The van der Waals surface area contributed by atoms with Gasteiger partial charge in [0.15, 0.2) is 0 Å². The van der Waals surface area contributed by atoms with Crippen molar-refractivity contribution in [3.05, 3.63) is 65.5 Å². The van der Waals surface area contributed by atoms with Crippen molar-refractivity contribution in [2.75, 3.05) is 0 Å². The molecule has 1 fully saturated rings. The van der Waals surface area contributed by atoms with Crippen LogP contribution in [-0.4, -0.2) is 27.1 Å². The third-order valence-corrected chi connectivity index (χ3v) is 5.01. The Bertz CT molecular complexity index is 977. The van der Waals surface area contributed by atoms with Crippen LogP contribution in [0.25, 0.3) is 11.4 Å². The summed E-state index contributed by atoms with van der Waals surface area (Å²) in [5, 5.41) is 4.13. The fourth-order valence-electron chi connectivity index (χ4n) is 3.52. The molecule has 4 rings (SSSR count). The van der Waals surface area contributed by atoms with Crippen molar-refractivity contribution in [3.63, 3.8) is 0 Å². The van der Waals surface area contributed by atoms with Gasteiger partial charge in [-0.15, -0.1) is 0 Å². The largest absolute Gasteiger partial charge is 0.491 e. The average Bonchev–Trinajstić information content (AvgIpc) is 3.31. The molecular formula is C23H25N3O3. The Kier molecular flexibility index (Phi) is 5.34. The maximum Gasteiger partial charge on any atom is 0.249 e. The van der Waals surface area contributed by atoms with Crippen LogP contribution in [0.2, 0.25) is 0 Å². The number of hydrogen-bond acceptors (Lipinski definition) is 5. The summed E-state index contributed by atoms with van der Waals surface area (Å²) in [6, 6.07) is 15.7. The number of aromatic nitrogens is 2. The molecule has 6 nitrogen and oxygen atoms in total. The van der Waals surface area contributed by atoms with Gasteiger partial charge < -0.3 is 14.2 Å². The topological polar surface area (TPSA) is 68.5 Å². The Balaban J connectivity index is 1.51. The second kappa shape index (κ2) is 8.07. The van der Waals surface area contributed by atoms with E-state index in [0.29, 0.717) is 31.1 Å². The van der Waals surface area contributed by atoms with E-state index < -0.39 is 0 Å². The van der Waals surface area contributed by atoms with Gasteiger partial charge in [-0.05, 0) is 57.0 Å². The highest BCUT2D eigenvalue weighted by atomic mass is 16.5. The lowest BCUT2D eigenvalue weighted by molar-refractivity contribution is -0.129. The summed E-state index contributed by atoms with van der Waals surface area (Å²) in [5.41, 5.74) is 3.14. The van der Waals surface area contributed by atoms with Crippen molar-refractivity contribution in [2.45, 2.75) is 52.3 Å². The molecule has 0 bridgehead atoms. The SMILES string of the molecule is Cc1ccc(CN2C(=O)CCC2c2nc(-c3ccc(OC(C)C)cc3)no2)cc1. The van der Waals surface area contributed by atoms with E-state index >= 15 is 0 Å². The summed E-state index contributed by atoms with van der Waals surface area (Å²) in [4.78, 5) is 18.9. The number of aryl methyl sites for hydroxylation is 1. The van der Waals surface area contributed by atoms with Gasteiger partial charge in [-0.2, -0.15) is 4.98 Å². The summed E-state index contributed by atoms with van der Waals surface area (Å²) >= 11 is 0. The third-order valence-electron chi connectivity index (χ3n) is 5.01. The number of benzene rings is 2. The molecule has 1 atom stereocenters. The van der Waals surface area contributed by atoms with E-state index in [2.05, 4.69) is 41.3 Å². The Morgan fingerprint density at radius 1 is 1.14 bits per heavy atom. The number of carbonyl (C=O) groups is 1. The Labute approximate surface area is 170 Å². The standard InChI is InChI=1S/C23H25N3O3/c1-15(2)28-19-10-8-18(9-11-19)22-24-23(29-25-22)20-12-13-21(27)26(20)14-17-6-4-16(3)5-7-17/h4-11,15,20H,12-14H2,1-3H3. The summed E-state index contributed by atoms with van der Waals surface area (Å²) in [5.74, 6) is 1.93. The molecule has 1 unspecified atom stereocenters. The highest BCUT2D eigenvalue weighted by Gasteiger charge is 2.36. The van der Waals surface area contributed by atoms with Gasteiger partial charge in [0.2, 0.25) is 17.6 Å². The van der Waals surface area contributed by atoms with Gasteiger partial charge in [-0.3, -0.25) is 4.79 Å². The average molecular weight is 391 g/mol. The molecule has 0 N–H and O–H groups in total. The molecule has 0 radical (unpaired) electrons. The number of likely N-dealkylation sites (tertiary alicyclic amines) is 1. The molecule has 150 valence electrons. The molecule has 2 heterocycles. The van der Waals surface area contributed by atoms with Gasteiger partial charge in [-0.1, -0.05) is 35.0 Å². The second-order valence-corrected chi connectivity index (χ2v) is 7.71. The van der Waals surface area contributed by atoms with Crippen LogP contribution in [0.15, 0.2) is 53.1 Å². The molecule has 1 aromatic heterocycles. The van der Waals surface area contributed by atoms with Crippen LogP contribution in [0.3, 0.4) is 0 Å². The van der Waals surface area contributed by atoms with Crippen LogP contribution in [0, 0.1) is 6.92 Å². The number of ether oxygens (including phenoxy) is 1. The fraction of sp³-hybridized carbons (Fsp3) is 0.348. The zero-order chi connectivity index (χ0) is 20.4. The summed E-state index contributed by atoms with van der Waals surface area (Å²) in [7, 11) is 0. The molecule has 6 heteroatoms. The first-order valence-corrected chi connectivity index (χ1v) is 9.95. The summed E-state index contributed by atoms with van der Waals surface area (Å²) in [6.45, 7) is 6.58. The normalized spacial score (nSPS) is 16.6. The van der Waals surface area contributed by atoms with Crippen molar-refractivity contribution in [1.29, 1.82) is 0 Å². The molecule has 1 aliphatic rings. The van der Waals surface area contributed by atoms with E-state index in [1.165, 1.54) is 5.56 Å². The highest BCUT2D eigenvalue weighted by Crippen LogP contribution is 2.34. The van der Waals surface area contributed by atoms with E-state index in [1.54, 1.807) is 0 Å². The van der Waals surface area contributed by atoms with Crippen molar-refractivity contribution in [3.8, 4) is 17.1 Å². The predicted molar refractivity (Wildman–Crippen MR) is 109 cm³/mol. The number of hydrogen-bond donors (Lipinski definition) is 0. The number of nitrogens with zero attached hydrogens (tertiary/aromatic N) is 3. The smallest absolute Gasteiger partial charge is 0.249 e. The van der Waals surface area contributed by atoms with Crippen LogP contribution < -0.4 is 4.74 Å². The maximum absolute atomic E-state index is 12.5. The van der Waals surface area contributed by atoms with Gasteiger partial charge in [0.05, 0.1) is 6.10 Å². The molecule has 29 heavy (non-hydrogen) atoms. The number of amides is 1. The molecule has 1 aliphatic heterocycles. The van der Waals surface area contributed by atoms with Crippen LogP contribution in [0.4, 0.5) is 0 Å².